The molecule has 0 aliphatic carbocycles. The molecule has 0 saturated heterocycles. The van der Waals surface area contributed by atoms with E-state index in [-0.39, 0.29) is 41.8 Å². The summed E-state index contributed by atoms with van der Waals surface area (Å²) in [7, 11) is 0. The molecule has 7 amide bonds. The third kappa shape index (κ3) is 8.48. The minimum atomic E-state index is -1.07. The quantitative estimate of drug-likeness (QED) is 0.0538. The Morgan fingerprint density at radius 3 is 1.69 bits per heavy atom. The largest absolute Gasteiger partial charge is 0.368 e. The molecule has 0 spiro atoms. The van der Waals surface area contributed by atoms with Crippen molar-refractivity contribution in [1.29, 1.82) is 0 Å². The summed E-state index contributed by atoms with van der Waals surface area (Å²) in [5.41, 5.74) is 12.4. The Morgan fingerprint density at radius 2 is 1.15 bits per heavy atom. The van der Waals surface area contributed by atoms with Crippen molar-refractivity contribution in [3.8, 4) is 19.5 Å². The molecular formula is C43H44N6O7S3. The molecule has 0 saturated carbocycles. The second-order valence-electron chi connectivity index (χ2n) is 14.5. The number of rotatable bonds is 19. The molecule has 5 heterocycles. The van der Waals surface area contributed by atoms with Gasteiger partial charge in [0.2, 0.25) is 11.8 Å². The molecule has 0 bridgehead atoms. The Morgan fingerprint density at radius 1 is 0.627 bits per heavy atom. The van der Waals surface area contributed by atoms with Gasteiger partial charge in [-0.3, -0.25) is 43.4 Å². The van der Waals surface area contributed by atoms with E-state index in [2.05, 4.69) is 22.8 Å². The third-order valence-corrected chi connectivity index (χ3v) is 14.0. The standard InChI is InChI=1S/C43H44N6O7S3/c1-2-3-21-48-40(53)24-12-14-26-36-27(15-13-25(35(24)36)41(48)54)43(56)49(42(26)55)22-7-5-9-28(37(45)50)46-38(51)29(10-4-6-20-44)47-39(52)34-19-18-33(59-34)32-17-16-31(58-32)30-11-8-23-57-30/h8,11-19,23,28-29H,2-7,9-10,20-22,44H2,1H3,(H2,45,50)(H,46,51)(H,47,52)/t28-,29-/m0/s1. The number of unbranched alkanes of at least 4 members (excludes halogenated alkanes) is 3. The Balaban J connectivity index is 0.971. The highest BCUT2D eigenvalue weighted by Gasteiger charge is 2.39. The zero-order chi connectivity index (χ0) is 41.8. The van der Waals surface area contributed by atoms with Gasteiger partial charge in [-0.15, -0.1) is 34.0 Å². The molecule has 13 nitrogen and oxygen atoms in total. The van der Waals surface area contributed by atoms with Crippen LogP contribution in [0.25, 0.3) is 30.3 Å². The van der Waals surface area contributed by atoms with Crippen LogP contribution in [0.15, 0.2) is 66.0 Å². The predicted molar refractivity (Wildman–Crippen MR) is 230 cm³/mol. The van der Waals surface area contributed by atoms with Crippen LogP contribution in [0.1, 0.15) is 109 Å². The molecule has 0 fully saturated rings. The number of nitrogens with two attached hydrogens (primary N) is 2. The number of hydrogen-bond acceptors (Lipinski definition) is 11. The van der Waals surface area contributed by atoms with Gasteiger partial charge in [-0.2, -0.15) is 0 Å². The smallest absolute Gasteiger partial charge is 0.262 e. The SMILES string of the molecule is CCCCN1C(=O)c2ccc3c4c(ccc(c24)C1=O)C(=O)N(CCCC[C@H](NC(=O)[C@H](CCCCN)NC(=O)c1ccc(-c2ccc(-c4cccs4)s2)s1)C(N)=O)C3=O. The minimum absolute atomic E-state index is 0.0194. The summed E-state index contributed by atoms with van der Waals surface area (Å²) in [6.45, 7) is 2.68. The Kier molecular flexibility index (Phi) is 12.8. The second-order valence-corrected chi connectivity index (χ2v) is 17.6. The van der Waals surface area contributed by atoms with Crippen molar-refractivity contribution in [2.24, 2.45) is 11.5 Å². The minimum Gasteiger partial charge on any atom is -0.368 e. The molecule has 2 aliphatic rings. The highest BCUT2D eigenvalue weighted by Crippen LogP contribution is 2.40. The van der Waals surface area contributed by atoms with E-state index in [0.717, 1.165) is 26.0 Å². The molecular weight excluding hydrogens is 809 g/mol. The molecule has 2 aromatic carbocycles. The monoisotopic (exact) mass is 852 g/mol. The van der Waals surface area contributed by atoms with E-state index in [0.29, 0.717) is 60.7 Å². The van der Waals surface area contributed by atoms with Gasteiger partial charge in [-0.25, -0.2) is 0 Å². The van der Waals surface area contributed by atoms with Crippen molar-refractivity contribution in [2.45, 2.75) is 70.4 Å². The molecule has 306 valence electrons. The Hall–Kier alpha value is -5.55. The van der Waals surface area contributed by atoms with E-state index in [1.54, 1.807) is 40.9 Å². The summed E-state index contributed by atoms with van der Waals surface area (Å²) in [6, 6.07) is 15.9. The van der Waals surface area contributed by atoms with E-state index in [9.17, 15) is 33.6 Å². The summed E-state index contributed by atoms with van der Waals surface area (Å²) < 4.78 is 0. The van der Waals surface area contributed by atoms with Gasteiger partial charge in [0.05, 0.1) is 4.88 Å². The van der Waals surface area contributed by atoms with Gasteiger partial charge in [0.1, 0.15) is 12.1 Å². The van der Waals surface area contributed by atoms with E-state index < -0.39 is 53.4 Å². The third-order valence-electron chi connectivity index (χ3n) is 10.6. The summed E-state index contributed by atoms with van der Waals surface area (Å²) in [4.78, 5) is 101. The maximum atomic E-state index is 13.7. The molecule has 5 aromatic rings. The van der Waals surface area contributed by atoms with Crippen LogP contribution in [-0.4, -0.2) is 82.9 Å². The summed E-state index contributed by atoms with van der Waals surface area (Å²) in [6.07, 6.45) is 3.69. The highest BCUT2D eigenvalue weighted by atomic mass is 32.1. The van der Waals surface area contributed by atoms with Crippen LogP contribution in [0.3, 0.4) is 0 Å². The van der Waals surface area contributed by atoms with Crippen molar-refractivity contribution < 1.29 is 33.6 Å². The number of amides is 7. The fourth-order valence-electron chi connectivity index (χ4n) is 7.48. The van der Waals surface area contributed by atoms with Crippen LogP contribution < -0.4 is 22.1 Å². The number of primary amides is 1. The lowest BCUT2D eigenvalue weighted by atomic mass is 9.86. The second kappa shape index (κ2) is 18.2. The van der Waals surface area contributed by atoms with Crippen molar-refractivity contribution in [3.63, 3.8) is 0 Å². The first-order valence-corrected chi connectivity index (χ1v) is 22.2. The van der Waals surface area contributed by atoms with E-state index in [4.69, 9.17) is 11.5 Å². The molecule has 6 N–H and O–H groups in total. The number of carbonyl (C=O) groups excluding carboxylic acids is 7. The summed E-state index contributed by atoms with van der Waals surface area (Å²) in [5.74, 6) is -3.72. The van der Waals surface area contributed by atoms with E-state index in [1.165, 1.54) is 33.2 Å². The van der Waals surface area contributed by atoms with Crippen molar-refractivity contribution >= 4 is 86.1 Å². The van der Waals surface area contributed by atoms with Crippen LogP contribution >= 0.6 is 34.0 Å². The van der Waals surface area contributed by atoms with Gasteiger partial charge >= 0.3 is 0 Å². The first-order chi connectivity index (χ1) is 28.5. The normalized spacial score (nSPS) is 14.5. The highest BCUT2D eigenvalue weighted by molar-refractivity contribution is 7.26. The lowest BCUT2D eigenvalue weighted by Crippen LogP contribution is -2.53. The fraction of sp³-hybridized carbons (Fsp3) is 0.326. The van der Waals surface area contributed by atoms with Crippen molar-refractivity contribution in [3.05, 3.63) is 93.2 Å². The Labute approximate surface area is 352 Å². The average Bonchev–Trinajstić information content (AvgIpc) is 4.04. The number of carbonyl (C=O) groups is 7. The van der Waals surface area contributed by atoms with Gasteiger partial charge in [0.25, 0.3) is 29.5 Å². The van der Waals surface area contributed by atoms with Gasteiger partial charge in [0, 0.05) is 65.6 Å². The van der Waals surface area contributed by atoms with Gasteiger partial charge in [-0.1, -0.05) is 19.4 Å². The van der Waals surface area contributed by atoms with Gasteiger partial charge in [-0.05, 0) is 111 Å². The molecule has 3 aromatic heterocycles. The number of nitrogens with zero attached hydrogens (tertiary/aromatic N) is 2. The lowest BCUT2D eigenvalue weighted by Gasteiger charge is -2.32. The first-order valence-electron chi connectivity index (χ1n) is 19.7. The van der Waals surface area contributed by atoms with Crippen molar-refractivity contribution in [1.82, 2.24) is 20.4 Å². The topological polar surface area (TPSA) is 202 Å². The summed E-state index contributed by atoms with van der Waals surface area (Å²) >= 11 is 4.63. The maximum absolute atomic E-state index is 13.7. The number of imide groups is 2. The molecule has 2 aliphatic heterocycles. The number of benzene rings is 2. The maximum Gasteiger partial charge on any atom is 0.262 e. The van der Waals surface area contributed by atoms with Crippen LogP contribution in [-0.2, 0) is 9.59 Å². The predicted octanol–water partition coefficient (Wildman–Crippen LogP) is 6.42. The average molecular weight is 853 g/mol. The zero-order valence-corrected chi connectivity index (χ0v) is 34.9. The van der Waals surface area contributed by atoms with Crippen LogP contribution in [0.2, 0.25) is 0 Å². The molecule has 0 unspecified atom stereocenters. The number of thiophene rings is 3. The molecule has 59 heavy (non-hydrogen) atoms. The lowest BCUT2D eigenvalue weighted by molar-refractivity contribution is -0.128. The molecule has 0 radical (unpaired) electrons. The molecule has 16 heteroatoms. The fourth-order valence-corrected chi connectivity index (χ4v) is 10.3. The first kappa shape index (κ1) is 41.6. The molecule has 7 rings (SSSR count). The summed E-state index contributed by atoms with van der Waals surface area (Å²) in [5, 5.41) is 8.21. The molecule has 2 atom stereocenters. The van der Waals surface area contributed by atoms with Gasteiger partial charge < -0.3 is 22.1 Å². The van der Waals surface area contributed by atoms with Gasteiger partial charge in [0.15, 0.2) is 0 Å². The van der Waals surface area contributed by atoms with E-state index in [1.807, 2.05) is 30.5 Å². The zero-order valence-electron chi connectivity index (χ0n) is 32.4. The number of hydrogen-bond donors (Lipinski definition) is 4. The van der Waals surface area contributed by atoms with Crippen LogP contribution in [0.4, 0.5) is 0 Å². The van der Waals surface area contributed by atoms with Crippen LogP contribution in [0.5, 0.6) is 0 Å². The van der Waals surface area contributed by atoms with Crippen molar-refractivity contribution in [2.75, 3.05) is 19.6 Å². The Bertz CT molecular complexity index is 2380. The number of nitrogens with one attached hydrogen (secondary N) is 2. The van der Waals surface area contributed by atoms with Crippen LogP contribution in [0, 0.1) is 0 Å². The van der Waals surface area contributed by atoms with E-state index >= 15 is 0 Å².